The van der Waals surface area contributed by atoms with E-state index in [0.29, 0.717) is 16.5 Å². The van der Waals surface area contributed by atoms with E-state index in [-0.39, 0.29) is 11.6 Å². The number of nitrogens with zero attached hydrogens (tertiary/aromatic N) is 3. The van der Waals surface area contributed by atoms with Gasteiger partial charge in [0, 0.05) is 36.2 Å². The van der Waals surface area contributed by atoms with Crippen LogP contribution in [0.5, 0.6) is 0 Å². The van der Waals surface area contributed by atoms with Crippen LogP contribution in [0.4, 0.5) is 22.9 Å². The van der Waals surface area contributed by atoms with Crippen molar-refractivity contribution in [3.8, 4) is 0 Å². The van der Waals surface area contributed by atoms with E-state index in [4.69, 9.17) is 11.6 Å². The molecule has 1 heterocycles. The Labute approximate surface area is 156 Å². The first-order valence-electron chi connectivity index (χ1n) is 7.96. The van der Waals surface area contributed by atoms with Crippen LogP contribution in [-0.4, -0.2) is 30.2 Å². The van der Waals surface area contributed by atoms with Gasteiger partial charge in [-0.3, -0.25) is 4.79 Å². The van der Waals surface area contributed by atoms with E-state index < -0.39 is 0 Å². The van der Waals surface area contributed by atoms with E-state index in [1.54, 1.807) is 24.3 Å². The molecule has 7 heteroatoms. The van der Waals surface area contributed by atoms with E-state index in [9.17, 15) is 4.79 Å². The molecule has 2 N–H and O–H groups in total. The highest BCUT2D eigenvalue weighted by atomic mass is 35.5. The Bertz CT molecular complexity index is 895. The number of hydrogen-bond acceptors (Lipinski definition) is 5. The summed E-state index contributed by atoms with van der Waals surface area (Å²) in [5, 5.41) is 14.5. The smallest absolute Gasteiger partial charge is 0.276 e. The summed E-state index contributed by atoms with van der Waals surface area (Å²) < 4.78 is 0. The van der Waals surface area contributed by atoms with Gasteiger partial charge in [0.2, 0.25) is 0 Å². The quantitative estimate of drug-likeness (QED) is 0.707. The molecule has 0 bridgehead atoms. The van der Waals surface area contributed by atoms with Gasteiger partial charge in [0.1, 0.15) is 0 Å². The van der Waals surface area contributed by atoms with Gasteiger partial charge in [-0.2, -0.15) is 0 Å². The normalized spacial score (nSPS) is 10.3. The predicted molar refractivity (Wildman–Crippen MR) is 105 cm³/mol. The van der Waals surface area contributed by atoms with Crippen molar-refractivity contribution in [2.24, 2.45) is 0 Å². The Balaban J connectivity index is 1.65. The first kappa shape index (κ1) is 17.7. The van der Waals surface area contributed by atoms with Crippen molar-refractivity contribution in [2.75, 3.05) is 29.6 Å². The molecule has 0 unspecified atom stereocenters. The van der Waals surface area contributed by atoms with E-state index in [1.165, 1.54) is 0 Å². The molecule has 6 nitrogen and oxygen atoms in total. The second kappa shape index (κ2) is 7.84. The number of carbonyl (C=O) groups is 1. The number of nitrogens with one attached hydrogen (secondary N) is 2. The fraction of sp³-hybridized carbons (Fsp3) is 0.105. The van der Waals surface area contributed by atoms with Crippen LogP contribution in [0.25, 0.3) is 0 Å². The highest BCUT2D eigenvalue weighted by Gasteiger charge is 2.09. The van der Waals surface area contributed by atoms with Crippen molar-refractivity contribution < 1.29 is 4.79 Å². The highest BCUT2D eigenvalue weighted by Crippen LogP contribution is 2.19. The molecule has 3 rings (SSSR count). The first-order chi connectivity index (χ1) is 12.5. The lowest BCUT2D eigenvalue weighted by Gasteiger charge is -2.13. The van der Waals surface area contributed by atoms with Crippen molar-refractivity contribution in [3.05, 3.63) is 71.4 Å². The topological polar surface area (TPSA) is 70.2 Å². The van der Waals surface area contributed by atoms with Gasteiger partial charge in [0.25, 0.3) is 5.91 Å². The number of anilines is 4. The standard InChI is InChI=1S/C19H18ClN5O/c1-25(2)16-8-6-14(7-9-16)22-19(26)17-10-11-18(24-23-17)21-15-5-3-4-13(20)12-15/h3-12H,1-2H3,(H,21,24)(H,22,26). The molecule has 0 saturated carbocycles. The molecule has 0 aliphatic carbocycles. The Morgan fingerprint density at radius 3 is 2.35 bits per heavy atom. The maximum Gasteiger partial charge on any atom is 0.276 e. The SMILES string of the molecule is CN(C)c1ccc(NC(=O)c2ccc(Nc3cccc(Cl)c3)nn2)cc1. The predicted octanol–water partition coefficient (Wildman–Crippen LogP) is 4.19. The number of rotatable bonds is 5. The van der Waals surface area contributed by atoms with Gasteiger partial charge in [-0.25, -0.2) is 0 Å². The van der Waals surface area contributed by atoms with Gasteiger partial charge in [0.15, 0.2) is 11.5 Å². The third-order valence-electron chi connectivity index (χ3n) is 3.64. The molecule has 0 aliphatic heterocycles. The van der Waals surface area contributed by atoms with Crippen LogP contribution in [0.15, 0.2) is 60.7 Å². The van der Waals surface area contributed by atoms with Crippen LogP contribution >= 0.6 is 11.6 Å². The summed E-state index contributed by atoms with van der Waals surface area (Å²) in [4.78, 5) is 14.3. The highest BCUT2D eigenvalue weighted by molar-refractivity contribution is 6.30. The molecule has 0 spiro atoms. The summed E-state index contributed by atoms with van der Waals surface area (Å²) in [5.74, 6) is 0.212. The Morgan fingerprint density at radius 1 is 0.962 bits per heavy atom. The van der Waals surface area contributed by atoms with Crippen LogP contribution in [0, 0.1) is 0 Å². The number of aromatic nitrogens is 2. The number of halogens is 1. The average Bonchev–Trinajstić information content (AvgIpc) is 2.63. The molecule has 0 aliphatic rings. The van der Waals surface area contributed by atoms with E-state index in [1.807, 2.05) is 55.4 Å². The molecule has 0 fully saturated rings. The zero-order valence-corrected chi connectivity index (χ0v) is 15.2. The van der Waals surface area contributed by atoms with Crippen molar-refractivity contribution in [1.29, 1.82) is 0 Å². The van der Waals surface area contributed by atoms with Crippen LogP contribution in [0.1, 0.15) is 10.5 Å². The second-order valence-electron chi connectivity index (χ2n) is 5.83. The lowest BCUT2D eigenvalue weighted by molar-refractivity contribution is 0.102. The Morgan fingerprint density at radius 2 is 1.73 bits per heavy atom. The first-order valence-corrected chi connectivity index (χ1v) is 8.34. The van der Waals surface area contributed by atoms with Gasteiger partial charge in [-0.15, -0.1) is 10.2 Å². The number of hydrogen-bond donors (Lipinski definition) is 2. The summed E-state index contributed by atoms with van der Waals surface area (Å²) in [6.07, 6.45) is 0. The minimum absolute atomic E-state index is 0.235. The van der Waals surface area contributed by atoms with Gasteiger partial charge in [0.05, 0.1) is 0 Å². The minimum Gasteiger partial charge on any atom is -0.378 e. The molecule has 3 aromatic rings. The molecule has 0 radical (unpaired) electrons. The molecule has 1 aromatic heterocycles. The van der Waals surface area contributed by atoms with E-state index in [0.717, 1.165) is 11.4 Å². The number of carbonyl (C=O) groups excluding carboxylic acids is 1. The zero-order chi connectivity index (χ0) is 18.5. The van der Waals surface area contributed by atoms with Gasteiger partial charge < -0.3 is 15.5 Å². The lowest BCUT2D eigenvalue weighted by atomic mass is 10.2. The summed E-state index contributed by atoms with van der Waals surface area (Å²) in [5.41, 5.74) is 2.78. The van der Waals surface area contributed by atoms with Crippen molar-refractivity contribution in [2.45, 2.75) is 0 Å². The summed E-state index contributed by atoms with van der Waals surface area (Å²) in [6.45, 7) is 0. The van der Waals surface area contributed by atoms with Gasteiger partial charge in [-0.1, -0.05) is 17.7 Å². The van der Waals surface area contributed by atoms with Crippen LogP contribution < -0.4 is 15.5 Å². The minimum atomic E-state index is -0.315. The fourth-order valence-electron chi connectivity index (χ4n) is 2.27. The van der Waals surface area contributed by atoms with Crippen LogP contribution in [0.3, 0.4) is 0 Å². The second-order valence-corrected chi connectivity index (χ2v) is 6.27. The van der Waals surface area contributed by atoms with Crippen molar-refractivity contribution in [3.63, 3.8) is 0 Å². The molecular formula is C19H18ClN5O. The Hall–Kier alpha value is -3.12. The van der Waals surface area contributed by atoms with E-state index >= 15 is 0 Å². The third kappa shape index (κ3) is 4.49. The number of amides is 1. The summed E-state index contributed by atoms with van der Waals surface area (Å²) in [7, 11) is 3.92. The third-order valence-corrected chi connectivity index (χ3v) is 3.87. The molecule has 132 valence electrons. The van der Waals surface area contributed by atoms with Crippen molar-refractivity contribution in [1.82, 2.24) is 10.2 Å². The number of benzene rings is 2. The maximum absolute atomic E-state index is 12.3. The molecular weight excluding hydrogens is 350 g/mol. The molecule has 2 aromatic carbocycles. The van der Waals surface area contributed by atoms with Crippen LogP contribution in [0.2, 0.25) is 5.02 Å². The largest absolute Gasteiger partial charge is 0.378 e. The van der Waals surface area contributed by atoms with Crippen LogP contribution in [-0.2, 0) is 0 Å². The average molecular weight is 368 g/mol. The molecule has 0 saturated heterocycles. The van der Waals surface area contributed by atoms with Gasteiger partial charge >= 0.3 is 0 Å². The Kier molecular flexibility index (Phi) is 5.34. The molecule has 1 amide bonds. The fourth-order valence-corrected chi connectivity index (χ4v) is 2.46. The molecule has 26 heavy (non-hydrogen) atoms. The zero-order valence-electron chi connectivity index (χ0n) is 14.4. The van der Waals surface area contributed by atoms with E-state index in [2.05, 4.69) is 20.8 Å². The lowest BCUT2D eigenvalue weighted by Crippen LogP contribution is -2.15. The summed E-state index contributed by atoms with van der Waals surface area (Å²) in [6, 6.07) is 18.1. The van der Waals surface area contributed by atoms with Gasteiger partial charge in [-0.05, 0) is 54.6 Å². The molecule has 0 atom stereocenters. The summed E-state index contributed by atoms with van der Waals surface area (Å²) >= 11 is 5.95. The maximum atomic E-state index is 12.3. The monoisotopic (exact) mass is 367 g/mol. The van der Waals surface area contributed by atoms with Crippen molar-refractivity contribution >= 4 is 40.4 Å².